The maximum absolute atomic E-state index is 5.61. The average molecular weight is 243 g/mol. The number of nitrogens with zero attached hydrogens (tertiary/aromatic N) is 1. The van der Waals surface area contributed by atoms with Crippen LogP contribution in [0.4, 0.5) is 5.69 Å². The van der Waals surface area contributed by atoms with Gasteiger partial charge in [-0.05, 0) is 18.2 Å². The third-order valence-electron chi connectivity index (χ3n) is 2.61. The van der Waals surface area contributed by atoms with Gasteiger partial charge in [-0.3, -0.25) is 0 Å². The van der Waals surface area contributed by atoms with E-state index in [1.165, 1.54) is 0 Å². The van der Waals surface area contributed by atoms with Crippen molar-refractivity contribution < 1.29 is 4.74 Å². The number of ether oxygens (including phenoxy) is 1. The van der Waals surface area contributed by atoms with Gasteiger partial charge in [0, 0.05) is 17.8 Å². The second kappa shape index (κ2) is 7.38. The van der Waals surface area contributed by atoms with Crippen LogP contribution in [-0.4, -0.2) is 13.3 Å². The lowest BCUT2D eigenvalue weighted by Crippen LogP contribution is -2.32. The predicted molar refractivity (Wildman–Crippen MR) is 78.5 cm³/mol. The van der Waals surface area contributed by atoms with E-state index in [2.05, 4.69) is 30.2 Å². The Labute approximate surface area is 110 Å². The first kappa shape index (κ1) is 14.1. The molecule has 0 saturated carbocycles. The van der Waals surface area contributed by atoms with Gasteiger partial charge in [0.2, 0.25) is 0 Å². The summed E-state index contributed by atoms with van der Waals surface area (Å²) in [5.41, 5.74) is 2.23. The standard InChI is InChI=1S/C14H15NO.C2H6/c1-3-12-10-15(11-16-14(12)4-2)13-8-6-5-7-9-13;1-2/h3-9H,1-2,10-11H2;1-2H3. The maximum atomic E-state index is 5.61. The van der Waals surface area contributed by atoms with Crippen molar-refractivity contribution in [3.05, 3.63) is 67.0 Å². The second-order valence-corrected chi connectivity index (χ2v) is 3.60. The molecule has 0 N–H and O–H groups in total. The molecule has 0 unspecified atom stereocenters. The van der Waals surface area contributed by atoms with Crippen molar-refractivity contribution in [2.45, 2.75) is 13.8 Å². The quantitative estimate of drug-likeness (QED) is 0.791. The van der Waals surface area contributed by atoms with E-state index < -0.39 is 0 Å². The summed E-state index contributed by atoms with van der Waals surface area (Å²) in [6.07, 6.45) is 3.56. The molecule has 1 aromatic rings. The lowest BCUT2D eigenvalue weighted by molar-refractivity contribution is 0.208. The van der Waals surface area contributed by atoms with Crippen molar-refractivity contribution in [1.82, 2.24) is 0 Å². The van der Waals surface area contributed by atoms with Crippen molar-refractivity contribution in [2.24, 2.45) is 0 Å². The van der Waals surface area contributed by atoms with Crippen LogP contribution >= 0.6 is 0 Å². The van der Waals surface area contributed by atoms with Crippen LogP contribution in [0.5, 0.6) is 0 Å². The third-order valence-corrected chi connectivity index (χ3v) is 2.61. The van der Waals surface area contributed by atoms with E-state index in [1.807, 2.05) is 38.1 Å². The molecule has 1 aliphatic rings. The molecule has 1 heterocycles. The Kier molecular flexibility index (Phi) is 5.78. The first-order valence-electron chi connectivity index (χ1n) is 6.26. The van der Waals surface area contributed by atoms with Gasteiger partial charge < -0.3 is 9.64 Å². The number of anilines is 1. The van der Waals surface area contributed by atoms with Crippen LogP contribution < -0.4 is 4.90 Å². The smallest absolute Gasteiger partial charge is 0.161 e. The summed E-state index contributed by atoms with van der Waals surface area (Å²) >= 11 is 0. The van der Waals surface area contributed by atoms with Gasteiger partial charge in [0.15, 0.2) is 6.73 Å². The molecule has 1 aromatic carbocycles. The van der Waals surface area contributed by atoms with Gasteiger partial charge in [-0.15, -0.1) is 0 Å². The van der Waals surface area contributed by atoms with Crippen LogP contribution in [0.2, 0.25) is 0 Å². The normalized spacial score (nSPS) is 14.2. The fourth-order valence-corrected chi connectivity index (χ4v) is 1.73. The molecule has 0 aromatic heterocycles. The number of rotatable bonds is 3. The summed E-state index contributed by atoms with van der Waals surface area (Å²) in [5.74, 6) is 0.835. The first-order chi connectivity index (χ1) is 8.85. The lowest BCUT2D eigenvalue weighted by atomic mass is 10.1. The molecule has 1 aliphatic heterocycles. The van der Waals surface area contributed by atoms with Gasteiger partial charge in [0.25, 0.3) is 0 Å². The van der Waals surface area contributed by atoms with Crippen LogP contribution in [0.25, 0.3) is 0 Å². The Bertz CT molecular complexity index is 420. The SMILES string of the molecule is C=CC1=C(C=C)OCN(c2ccccc2)C1.CC. The molecule has 0 fully saturated rings. The zero-order valence-corrected chi connectivity index (χ0v) is 11.2. The summed E-state index contributed by atoms with van der Waals surface area (Å²) in [5, 5.41) is 0. The minimum absolute atomic E-state index is 0.558. The largest absolute Gasteiger partial charge is 0.473 e. The zero-order chi connectivity index (χ0) is 13.4. The molecule has 96 valence electrons. The zero-order valence-electron chi connectivity index (χ0n) is 11.2. The molecule has 0 spiro atoms. The van der Waals surface area contributed by atoms with Gasteiger partial charge >= 0.3 is 0 Å². The monoisotopic (exact) mass is 243 g/mol. The van der Waals surface area contributed by atoms with Crippen LogP contribution in [0.1, 0.15) is 13.8 Å². The van der Waals surface area contributed by atoms with E-state index in [0.717, 1.165) is 23.6 Å². The molecular formula is C16H21NO. The number of hydrogen-bond donors (Lipinski definition) is 0. The molecule has 2 heteroatoms. The highest BCUT2D eigenvalue weighted by Crippen LogP contribution is 2.22. The minimum atomic E-state index is 0.558. The summed E-state index contributed by atoms with van der Waals surface area (Å²) in [6.45, 7) is 12.9. The Hall–Kier alpha value is -1.96. The Morgan fingerprint density at radius 2 is 1.78 bits per heavy atom. The van der Waals surface area contributed by atoms with Gasteiger partial charge in [0.05, 0.1) is 0 Å². The highest BCUT2D eigenvalue weighted by molar-refractivity contribution is 5.49. The minimum Gasteiger partial charge on any atom is -0.473 e. The van der Waals surface area contributed by atoms with E-state index in [4.69, 9.17) is 4.74 Å². The highest BCUT2D eigenvalue weighted by atomic mass is 16.5. The van der Waals surface area contributed by atoms with Crippen molar-refractivity contribution in [3.8, 4) is 0 Å². The summed E-state index contributed by atoms with van der Waals surface area (Å²) < 4.78 is 5.61. The van der Waals surface area contributed by atoms with E-state index in [-0.39, 0.29) is 0 Å². The Morgan fingerprint density at radius 1 is 1.11 bits per heavy atom. The number of hydrogen-bond acceptors (Lipinski definition) is 2. The predicted octanol–water partition coefficient (Wildman–Crippen LogP) is 4.13. The van der Waals surface area contributed by atoms with Gasteiger partial charge in [-0.25, -0.2) is 0 Å². The number of benzene rings is 1. The Morgan fingerprint density at radius 3 is 2.33 bits per heavy atom. The molecule has 0 bridgehead atoms. The van der Waals surface area contributed by atoms with Crippen LogP contribution in [0, 0.1) is 0 Å². The number of allylic oxidation sites excluding steroid dienone is 1. The molecule has 18 heavy (non-hydrogen) atoms. The summed E-state index contributed by atoms with van der Waals surface area (Å²) in [4.78, 5) is 2.16. The van der Waals surface area contributed by atoms with Crippen LogP contribution in [0.15, 0.2) is 67.0 Å². The Balaban J connectivity index is 0.000000771. The summed E-state index contributed by atoms with van der Waals surface area (Å²) in [7, 11) is 0. The number of para-hydroxylation sites is 1. The van der Waals surface area contributed by atoms with E-state index in [0.29, 0.717) is 6.73 Å². The second-order valence-electron chi connectivity index (χ2n) is 3.60. The van der Waals surface area contributed by atoms with E-state index in [9.17, 15) is 0 Å². The summed E-state index contributed by atoms with van der Waals surface area (Å²) in [6, 6.07) is 10.2. The van der Waals surface area contributed by atoms with Crippen molar-refractivity contribution >= 4 is 5.69 Å². The molecular weight excluding hydrogens is 222 g/mol. The highest BCUT2D eigenvalue weighted by Gasteiger charge is 2.16. The topological polar surface area (TPSA) is 12.5 Å². The molecule has 2 rings (SSSR count). The molecule has 2 nitrogen and oxygen atoms in total. The van der Waals surface area contributed by atoms with Crippen LogP contribution in [-0.2, 0) is 4.74 Å². The van der Waals surface area contributed by atoms with Crippen molar-refractivity contribution in [1.29, 1.82) is 0 Å². The molecule has 0 radical (unpaired) electrons. The van der Waals surface area contributed by atoms with Crippen LogP contribution in [0.3, 0.4) is 0 Å². The van der Waals surface area contributed by atoms with Gasteiger partial charge in [-0.1, -0.05) is 51.3 Å². The molecule has 0 aliphatic carbocycles. The maximum Gasteiger partial charge on any atom is 0.161 e. The van der Waals surface area contributed by atoms with Gasteiger partial charge in [0.1, 0.15) is 5.76 Å². The van der Waals surface area contributed by atoms with Gasteiger partial charge in [-0.2, -0.15) is 0 Å². The lowest BCUT2D eigenvalue weighted by Gasteiger charge is -2.30. The average Bonchev–Trinajstić information content (AvgIpc) is 2.49. The fraction of sp³-hybridized carbons (Fsp3) is 0.250. The van der Waals surface area contributed by atoms with E-state index in [1.54, 1.807) is 6.08 Å². The van der Waals surface area contributed by atoms with Crippen molar-refractivity contribution in [3.63, 3.8) is 0 Å². The van der Waals surface area contributed by atoms with Crippen molar-refractivity contribution in [2.75, 3.05) is 18.2 Å². The fourth-order valence-electron chi connectivity index (χ4n) is 1.73. The first-order valence-corrected chi connectivity index (χ1v) is 6.26. The van der Waals surface area contributed by atoms with E-state index >= 15 is 0 Å². The molecule has 0 atom stereocenters. The third kappa shape index (κ3) is 3.27. The molecule has 0 saturated heterocycles. The molecule has 0 amide bonds.